The first-order valence-corrected chi connectivity index (χ1v) is 6.67. The van der Waals surface area contributed by atoms with Crippen LogP contribution < -0.4 is 10.6 Å². The second-order valence-electron chi connectivity index (χ2n) is 4.68. The summed E-state index contributed by atoms with van der Waals surface area (Å²) < 4.78 is 0. The maximum Gasteiger partial charge on any atom is 0.271 e. The Morgan fingerprint density at radius 3 is 2.89 bits per heavy atom. The standard InChI is InChI=1S/C13H20N4O2/c18-17(19)13-4-1-3-12(11-13)15-5-2-8-16-9-6-14-7-10-16/h1,3-4,11,14-15H,2,5-10H2. The molecule has 0 amide bonds. The molecular weight excluding hydrogens is 244 g/mol. The summed E-state index contributed by atoms with van der Waals surface area (Å²) in [6.07, 6.45) is 1.04. The van der Waals surface area contributed by atoms with Crippen LogP contribution in [0, 0.1) is 10.1 Å². The van der Waals surface area contributed by atoms with Crippen LogP contribution in [0.5, 0.6) is 0 Å². The molecule has 1 fully saturated rings. The number of rotatable bonds is 6. The molecule has 0 atom stereocenters. The van der Waals surface area contributed by atoms with E-state index in [-0.39, 0.29) is 10.6 Å². The second-order valence-corrected chi connectivity index (χ2v) is 4.68. The molecule has 1 saturated heterocycles. The molecule has 0 bridgehead atoms. The van der Waals surface area contributed by atoms with Crippen molar-refractivity contribution in [3.05, 3.63) is 34.4 Å². The number of nitrogens with one attached hydrogen (secondary N) is 2. The monoisotopic (exact) mass is 264 g/mol. The highest BCUT2D eigenvalue weighted by atomic mass is 16.6. The van der Waals surface area contributed by atoms with Crippen LogP contribution >= 0.6 is 0 Å². The van der Waals surface area contributed by atoms with Gasteiger partial charge in [0.05, 0.1) is 4.92 Å². The number of benzene rings is 1. The topological polar surface area (TPSA) is 70.4 Å². The van der Waals surface area contributed by atoms with Gasteiger partial charge < -0.3 is 15.5 Å². The largest absolute Gasteiger partial charge is 0.385 e. The molecule has 1 heterocycles. The Kier molecular flexibility index (Phi) is 5.11. The van der Waals surface area contributed by atoms with Gasteiger partial charge in [-0.1, -0.05) is 6.07 Å². The van der Waals surface area contributed by atoms with Crippen molar-refractivity contribution in [2.75, 3.05) is 44.6 Å². The predicted molar refractivity (Wildman–Crippen MR) is 75.5 cm³/mol. The minimum atomic E-state index is -0.369. The molecule has 0 aromatic heterocycles. The highest BCUT2D eigenvalue weighted by Crippen LogP contribution is 2.16. The van der Waals surface area contributed by atoms with Gasteiger partial charge in [0, 0.05) is 50.5 Å². The van der Waals surface area contributed by atoms with E-state index in [0.29, 0.717) is 0 Å². The summed E-state index contributed by atoms with van der Waals surface area (Å²) >= 11 is 0. The molecule has 0 unspecified atom stereocenters. The molecule has 1 aliphatic heterocycles. The average Bonchev–Trinajstić information content (AvgIpc) is 2.45. The van der Waals surface area contributed by atoms with Gasteiger partial charge in [-0.15, -0.1) is 0 Å². The lowest BCUT2D eigenvalue weighted by Crippen LogP contribution is -2.44. The molecule has 2 rings (SSSR count). The number of nitro benzene ring substituents is 1. The summed E-state index contributed by atoms with van der Waals surface area (Å²) in [6.45, 7) is 6.26. The van der Waals surface area contributed by atoms with Crippen LogP contribution in [0.15, 0.2) is 24.3 Å². The van der Waals surface area contributed by atoms with Crippen LogP contribution in [0.3, 0.4) is 0 Å². The van der Waals surface area contributed by atoms with E-state index in [0.717, 1.165) is 51.4 Å². The Morgan fingerprint density at radius 1 is 1.37 bits per heavy atom. The quantitative estimate of drug-likeness (QED) is 0.460. The van der Waals surface area contributed by atoms with E-state index in [1.807, 2.05) is 6.07 Å². The molecule has 6 heteroatoms. The molecule has 0 saturated carbocycles. The van der Waals surface area contributed by atoms with Gasteiger partial charge in [-0.3, -0.25) is 10.1 Å². The normalized spacial score (nSPS) is 16.2. The lowest BCUT2D eigenvalue weighted by Gasteiger charge is -2.27. The Morgan fingerprint density at radius 2 is 2.16 bits per heavy atom. The third-order valence-corrected chi connectivity index (χ3v) is 3.25. The molecule has 2 N–H and O–H groups in total. The van der Waals surface area contributed by atoms with Crippen LogP contribution in [0.4, 0.5) is 11.4 Å². The van der Waals surface area contributed by atoms with Crippen LogP contribution in [-0.4, -0.2) is 49.1 Å². The minimum absolute atomic E-state index is 0.132. The number of piperazine rings is 1. The zero-order valence-electron chi connectivity index (χ0n) is 11.0. The number of nitro groups is 1. The van der Waals surface area contributed by atoms with Crippen molar-refractivity contribution in [1.82, 2.24) is 10.2 Å². The van der Waals surface area contributed by atoms with Crippen LogP contribution in [0.2, 0.25) is 0 Å². The first kappa shape index (κ1) is 13.8. The van der Waals surface area contributed by atoms with Crippen molar-refractivity contribution >= 4 is 11.4 Å². The predicted octanol–water partition coefficient (Wildman–Crippen LogP) is 1.30. The van der Waals surface area contributed by atoms with Gasteiger partial charge in [0.15, 0.2) is 0 Å². The SMILES string of the molecule is O=[N+]([O-])c1cccc(NCCCN2CCNCC2)c1. The molecule has 104 valence electrons. The zero-order chi connectivity index (χ0) is 13.5. The van der Waals surface area contributed by atoms with E-state index < -0.39 is 0 Å². The molecule has 0 aliphatic carbocycles. The molecule has 0 radical (unpaired) electrons. The van der Waals surface area contributed by atoms with E-state index >= 15 is 0 Å². The fourth-order valence-electron chi connectivity index (χ4n) is 2.20. The van der Waals surface area contributed by atoms with Gasteiger partial charge in [-0.25, -0.2) is 0 Å². The molecular formula is C13H20N4O2. The van der Waals surface area contributed by atoms with E-state index in [2.05, 4.69) is 15.5 Å². The lowest BCUT2D eigenvalue weighted by molar-refractivity contribution is -0.384. The number of hydrogen-bond donors (Lipinski definition) is 2. The fraction of sp³-hybridized carbons (Fsp3) is 0.538. The highest BCUT2D eigenvalue weighted by Gasteiger charge is 2.08. The van der Waals surface area contributed by atoms with Gasteiger partial charge in [0.2, 0.25) is 0 Å². The van der Waals surface area contributed by atoms with Gasteiger partial charge in [-0.05, 0) is 19.0 Å². The Bertz CT molecular complexity index is 419. The summed E-state index contributed by atoms with van der Waals surface area (Å²) in [5.74, 6) is 0. The summed E-state index contributed by atoms with van der Waals surface area (Å²) in [5, 5.41) is 17.2. The van der Waals surface area contributed by atoms with E-state index in [1.54, 1.807) is 12.1 Å². The van der Waals surface area contributed by atoms with Crippen molar-refractivity contribution in [1.29, 1.82) is 0 Å². The maximum absolute atomic E-state index is 10.7. The summed E-state index contributed by atoms with van der Waals surface area (Å²) in [6, 6.07) is 6.64. The van der Waals surface area contributed by atoms with E-state index in [4.69, 9.17) is 0 Å². The summed E-state index contributed by atoms with van der Waals surface area (Å²) in [4.78, 5) is 12.7. The lowest BCUT2D eigenvalue weighted by atomic mass is 10.2. The number of nitrogens with zero attached hydrogens (tertiary/aromatic N) is 2. The van der Waals surface area contributed by atoms with Gasteiger partial charge in [0.25, 0.3) is 5.69 Å². The van der Waals surface area contributed by atoms with Gasteiger partial charge in [-0.2, -0.15) is 0 Å². The Labute approximate surface area is 112 Å². The number of non-ortho nitro benzene ring substituents is 1. The zero-order valence-corrected chi connectivity index (χ0v) is 11.0. The van der Waals surface area contributed by atoms with Crippen molar-refractivity contribution in [3.8, 4) is 0 Å². The molecule has 19 heavy (non-hydrogen) atoms. The third-order valence-electron chi connectivity index (χ3n) is 3.25. The van der Waals surface area contributed by atoms with E-state index in [9.17, 15) is 10.1 Å². The Hall–Kier alpha value is -1.66. The number of hydrogen-bond acceptors (Lipinski definition) is 5. The smallest absolute Gasteiger partial charge is 0.271 e. The highest BCUT2D eigenvalue weighted by molar-refractivity contribution is 5.50. The molecule has 1 aromatic carbocycles. The van der Waals surface area contributed by atoms with E-state index in [1.165, 1.54) is 6.07 Å². The van der Waals surface area contributed by atoms with Crippen molar-refractivity contribution < 1.29 is 4.92 Å². The maximum atomic E-state index is 10.7. The molecule has 0 spiro atoms. The summed E-state index contributed by atoms with van der Waals surface area (Å²) in [5.41, 5.74) is 0.946. The van der Waals surface area contributed by atoms with Crippen LogP contribution in [-0.2, 0) is 0 Å². The molecule has 1 aliphatic rings. The fourth-order valence-corrected chi connectivity index (χ4v) is 2.20. The first-order valence-electron chi connectivity index (χ1n) is 6.67. The van der Waals surface area contributed by atoms with Crippen molar-refractivity contribution in [2.24, 2.45) is 0 Å². The van der Waals surface area contributed by atoms with Crippen molar-refractivity contribution in [2.45, 2.75) is 6.42 Å². The third kappa shape index (κ3) is 4.50. The second kappa shape index (κ2) is 7.06. The van der Waals surface area contributed by atoms with Gasteiger partial charge >= 0.3 is 0 Å². The summed E-state index contributed by atoms with van der Waals surface area (Å²) in [7, 11) is 0. The average molecular weight is 264 g/mol. The number of anilines is 1. The van der Waals surface area contributed by atoms with Crippen molar-refractivity contribution in [3.63, 3.8) is 0 Å². The minimum Gasteiger partial charge on any atom is -0.385 e. The molecule has 6 nitrogen and oxygen atoms in total. The molecule has 1 aromatic rings. The first-order chi connectivity index (χ1) is 9.25. The van der Waals surface area contributed by atoms with Crippen LogP contribution in [0.1, 0.15) is 6.42 Å². The van der Waals surface area contributed by atoms with Crippen LogP contribution in [0.25, 0.3) is 0 Å². The Balaban J connectivity index is 1.70. The van der Waals surface area contributed by atoms with Gasteiger partial charge in [0.1, 0.15) is 0 Å².